The summed E-state index contributed by atoms with van der Waals surface area (Å²) in [7, 11) is 0. The Kier molecular flexibility index (Phi) is 4.80. The molecule has 0 spiro atoms. The van der Waals surface area contributed by atoms with E-state index in [4.69, 9.17) is 11.6 Å². The Morgan fingerprint density at radius 1 is 1.20 bits per heavy atom. The summed E-state index contributed by atoms with van der Waals surface area (Å²) in [5.41, 5.74) is 3.24. The Bertz CT molecular complexity index is 592. The largest absolute Gasteiger partial charge is 0.349 e. The van der Waals surface area contributed by atoms with Crippen molar-refractivity contribution < 1.29 is 4.79 Å². The van der Waals surface area contributed by atoms with E-state index in [1.54, 1.807) is 6.07 Å². The fourth-order valence-electron chi connectivity index (χ4n) is 2.06. The van der Waals surface area contributed by atoms with Crippen molar-refractivity contribution in [3.63, 3.8) is 0 Å². The van der Waals surface area contributed by atoms with E-state index in [9.17, 15) is 4.79 Å². The van der Waals surface area contributed by atoms with Gasteiger partial charge in [0, 0.05) is 5.02 Å². The van der Waals surface area contributed by atoms with Crippen molar-refractivity contribution in [3.8, 4) is 0 Å². The second kappa shape index (κ2) is 6.58. The van der Waals surface area contributed by atoms with Crippen molar-refractivity contribution in [2.45, 2.75) is 26.3 Å². The van der Waals surface area contributed by atoms with E-state index in [-0.39, 0.29) is 11.9 Å². The molecule has 0 saturated heterocycles. The van der Waals surface area contributed by atoms with Crippen molar-refractivity contribution >= 4 is 17.5 Å². The van der Waals surface area contributed by atoms with Gasteiger partial charge in [0.05, 0.1) is 12.5 Å². The number of nitrogens with one attached hydrogen (secondary N) is 1. The van der Waals surface area contributed by atoms with Gasteiger partial charge in [0.15, 0.2) is 0 Å². The summed E-state index contributed by atoms with van der Waals surface area (Å²) in [5.74, 6) is 0.000316. The van der Waals surface area contributed by atoms with Crippen molar-refractivity contribution in [1.29, 1.82) is 0 Å². The zero-order valence-electron chi connectivity index (χ0n) is 11.7. The quantitative estimate of drug-likeness (QED) is 0.902. The number of halogens is 1. The summed E-state index contributed by atoms with van der Waals surface area (Å²) >= 11 is 5.91. The minimum absolute atomic E-state index is 0.000316. The molecule has 0 aromatic heterocycles. The molecular formula is C17H18ClNO. The third-order valence-corrected chi connectivity index (χ3v) is 3.44. The standard InChI is InChI=1S/C17H18ClNO/c1-12-6-8-15(9-7-12)13(2)19-17(20)11-14-4-3-5-16(18)10-14/h3-10,13H,11H2,1-2H3,(H,19,20)/t13-/m1/s1. The van der Waals surface area contributed by atoms with E-state index in [0.717, 1.165) is 11.1 Å². The average Bonchev–Trinajstić information content (AvgIpc) is 2.39. The number of aryl methyl sites for hydroxylation is 1. The zero-order valence-corrected chi connectivity index (χ0v) is 12.4. The Balaban J connectivity index is 1.95. The third kappa shape index (κ3) is 4.10. The molecular weight excluding hydrogens is 270 g/mol. The fraction of sp³-hybridized carbons (Fsp3) is 0.235. The predicted octanol–water partition coefficient (Wildman–Crippen LogP) is 4.07. The third-order valence-electron chi connectivity index (χ3n) is 3.21. The summed E-state index contributed by atoms with van der Waals surface area (Å²) in [6.07, 6.45) is 0.344. The molecule has 0 aliphatic rings. The van der Waals surface area contributed by atoms with Crippen LogP contribution in [0.1, 0.15) is 29.7 Å². The molecule has 0 radical (unpaired) electrons. The number of hydrogen-bond donors (Lipinski definition) is 1. The van der Waals surface area contributed by atoms with Crippen LogP contribution in [-0.4, -0.2) is 5.91 Å². The van der Waals surface area contributed by atoms with Gasteiger partial charge in [-0.3, -0.25) is 4.79 Å². The minimum atomic E-state index is 0.000316. The van der Waals surface area contributed by atoms with Gasteiger partial charge in [-0.2, -0.15) is 0 Å². The highest BCUT2D eigenvalue weighted by Gasteiger charge is 2.10. The van der Waals surface area contributed by atoms with Crippen molar-refractivity contribution in [3.05, 3.63) is 70.2 Å². The molecule has 3 heteroatoms. The van der Waals surface area contributed by atoms with Crippen molar-refractivity contribution in [2.24, 2.45) is 0 Å². The summed E-state index contributed by atoms with van der Waals surface area (Å²) in [6, 6.07) is 15.6. The van der Waals surface area contributed by atoms with Crippen molar-refractivity contribution in [1.82, 2.24) is 5.32 Å². The van der Waals surface area contributed by atoms with Gasteiger partial charge in [-0.05, 0) is 37.1 Å². The van der Waals surface area contributed by atoms with Crippen LogP contribution >= 0.6 is 11.6 Å². The number of carbonyl (C=O) groups excluding carboxylic acids is 1. The molecule has 104 valence electrons. The van der Waals surface area contributed by atoms with E-state index < -0.39 is 0 Å². The van der Waals surface area contributed by atoms with Gasteiger partial charge in [-0.15, -0.1) is 0 Å². The lowest BCUT2D eigenvalue weighted by Crippen LogP contribution is -2.28. The summed E-state index contributed by atoms with van der Waals surface area (Å²) < 4.78 is 0. The molecule has 1 amide bonds. The number of hydrogen-bond acceptors (Lipinski definition) is 1. The molecule has 2 rings (SSSR count). The smallest absolute Gasteiger partial charge is 0.224 e. The molecule has 0 bridgehead atoms. The van der Waals surface area contributed by atoms with Crippen LogP contribution in [0.4, 0.5) is 0 Å². The molecule has 0 saturated carbocycles. The Labute approximate surface area is 124 Å². The maximum atomic E-state index is 12.0. The van der Waals surface area contributed by atoms with Crippen LogP contribution in [0.15, 0.2) is 48.5 Å². The lowest BCUT2D eigenvalue weighted by molar-refractivity contribution is -0.121. The van der Waals surface area contributed by atoms with Crippen LogP contribution in [0.3, 0.4) is 0 Å². The maximum absolute atomic E-state index is 12.0. The van der Waals surface area contributed by atoms with E-state index in [2.05, 4.69) is 17.4 Å². The van der Waals surface area contributed by atoms with Gasteiger partial charge in [0.2, 0.25) is 5.91 Å². The average molecular weight is 288 g/mol. The van der Waals surface area contributed by atoms with Crippen molar-refractivity contribution in [2.75, 3.05) is 0 Å². The van der Waals surface area contributed by atoms with Gasteiger partial charge in [0.1, 0.15) is 0 Å². The fourth-order valence-corrected chi connectivity index (χ4v) is 2.28. The molecule has 0 aliphatic carbocycles. The van der Waals surface area contributed by atoms with Crippen LogP contribution < -0.4 is 5.32 Å². The van der Waals surface area contributed by atoms with E-state index in [1.165, 1.54) is 5.56 Å². The van der Waals surface area contributed by atoms with E-state index in [0.29, 0.717) is 11.4 Å². The molecule has 0 heterocycles. The molecule has 1 atom stereocenters. The Hall–Kier alpha value is -1.80. The van der Waals surface area contributed by atoms with Crippen LogP contribution in [0.2, 0.25) is 5.02 Å². The number of carbonyl (C=O) groups is 1. The number of amides is 1. The first-order valence-electron chi connectivity index (χ1n) is 6.65. The Morgan fingerprint density at radius 2 is 1.90 bits per heavy atom. The molecule has 0 fully saturated rings. The lowest BCUT2D eigenvalue weighted by Gasteiger charge is -2.14. The molecule has 0 unspecified atom stereocenters. The van der Waals surface area contributed by atoms with Gasteiger partial charge < -0.3 is 5.32 Å². The summed E-state index contributed by atoms with van der Waals surface area (Å²) in [4.78, 5) is 12.0. The molecule has 1 N–H and O–H groups in total. The highest BCUT2D eigenvalue weighted by atomic mass is 35.5. The SMILES string of the molecule is Cc1ccc([C@@H](C)NC(=O)Cc2cccc(Cl)c2)cc1. The van der Waals surface area contributed by atoms with Crippen LogP contribution in [0.5, 0.6) is 0 Å². The summed E-state index contributed by atoms with van der Waals surface area (Å²) in [6.45, 7) is 4.03. The van der Waals surface area contributed by atoms with Crippen LogP contribution in [0.25, 0.3) is 0 Å². The highest BCUT2D eigenvalue weighted by Crippen LogP contribution is 2.14. The van der Waals surface area contributed by atoms with E-state index >= 15 is 0 Å². The first-order chi connectivity index (χ1) is 9.54. The molecule has 2 aromatic rings. The van der Waals surface area contributed by atoms with E-state index in [1.807, 2.05) is 44.2 Å². The zero-order chi connectivity index (χ0) is 14.5. The predicted molar refractivity (Wildman–Crippen MR) is 82.9 cm³/mol. The normalized spacial score (nSPS) is 11.9. The molecule has 0 aliphatic heterocycles. The maximum Gasteiger partial charge on any atom is 0.224 e. The topological polar surface area (TPSA) is 29.1 Å². The van der Waals surface area contributed by atoms with Gasteiger partial charge in [0.25, 0.3) is 0 Å². The second-order valence-electron chi connectivity index (χ2n) is 5.01. The van der Waals surface area contributed by atoms with Gasteiger partial charge in [-0.1, -0.05) is 53.6 Å². The molecule has 2 nitrogen and oxygen atoms in total. The minimum Gasteiger partial charge on any atom is -0.349 e. The number of benzene rings is 2. The second-order valence-corrected chi connectivity index (χ2v) is 5.44. The number of rotatable bonds is 4. The van der Waals surface area contributed by atoms with Crippen LogP contribution in [-0.2, 0) is 11.2 Å². The first kappa shape index (κ1) is 14.6. The van der Waals surface area contributed by atoms with Gasteiger partial charge >= 0.3 is 0 Å². The molecule has 2 aromatic carbocycles. The Morgan fingerprint density at radius 3 is 2.55 bits per heavy atom. The highest BCUT2D eigenvalue weighted by molar-refractivity contribution is 6.30. The van der Waals surface area contributed by atoms with Crippen LogP contribution in [0, 0.1) is 6.92 Å². The molecule has 20 heavy (non-hydrogen) atoms. The lowest BCUT2D eigenvalue weighted by atomic mass is 10.1. The summed E-state index contributed by atoms with van der Waals surface area (Å²) in [5, 5.41) is 3.66. The monoisotopic (exact) mass is 287 g/mol. The van der Waals surface area contributed by atoms with Gasteiger partial charge in [-0.25, -0.2) is 0 Å². The first-order valence-corrected chi connectivity index (χ1v) is 7.03.